The van der Waals surface area contributed by atoms with E-state index in [0.717, 1.165) is 0 Å². The van der Waals surface area contributed by atoms with Crippen LogP contribution in [-0.2, 0) is 7.05 Å². The van der Waals surface area contributed by atoms with E-state index >= 15 is 0 Å². The maximum atomic E-state index is 4.69. The molecule has 0 fully saturated rings. The lowest BCUT2D eigenvalue weighted by Crippen LogP contribution is -2.27. The number of nitrogens with zero attached hydrogens (tertiary/aromatic N) is 1. The van der Waals surface area contributed by atoms with Crippen molar-refractivity contribution in [2.24, 2.45) is 7.05 Å². The first-order valence-corrected chi connectivity index (χ1v) is 2.23. The number of H-pyrrole nitrogens is 1. The number of aromatic nitrogens is 2. The fourth-order valence-electron chi connectivity index (χ4n) is 0.324. The highest BCUT2D eigenvalue weighted by Gasteiger charge is 1.88. The SMILES string of the molecule is C[n+]1coc(=S)[nH]1. The van der Waals surface area contributed by atoms with Gasteiger partial charge in [0.15, 0.2) is 7.05 Å². The molecule has 0 aliphatic heterocycles. The second kappa shape index (κ2) is 1.46. The molecule has 0 saturated carbocycles. The van der Waals surface area contributed by atoms with Gasteiger partial charge in [-0.2, -0.15) is 0 Å². The standard InChI is InChI=1S/C3H4N2OS/c1-5-2-6-3(7)4-5/h2H,1H3/p+1. The minimum atomic E-state index is 0.405. The predicted molar refractivity (Wildman–Crippen MR) is 25.1 cm³/mol. The fraction of sp³-hybridized carbons (Fsp3) is 0.333. The summed E-state index contributed by atoms with van der Waals surface area (Å²) in [5.74, 6) is 0. The smallest absolute Gasteiger partial charge is 0.360 e. The molecular formula is C3H5N2OS+. The largest absolute Gasteiger partial charge is 0.377 e. The van der Waals surface area contributed by atoms with Gasteiger partial charge < -0.3 is 4.42 Å². The van der Waals surface area contributed by atoms with Crippen molar-refractivity contribution in [1.82, 2.24) is 5.10 Å². The van der Waals surface area contributed by atoms with Gasteiger partial charge >= 0.3 is 11.2 Å². The van der Waals surface area contributed by atoms with Crippen LogP contribution < -0.4 is 4.68 Å². The van der Waals surface area contributed by atoms with Gasteiger partial charge in [0.25, 0.3) is 0 Å². The Labute approximate surface area is 45.6 Å². The zero-order chi connectivity index (χ0) is 5.28. The van der Waals surface area contributed by atoms with Crippen molar-refractivity contribution in [3.63, 3.8) is 0 Å². The lowest BCUT2D eigenvalue weighted by molar-refractivity contribution is -0.731. The number of aromatic amines is 1. The van der Waals surface area contributed by atoms with Crippen LogP contribution in [0.1, 0.15) is 0 Å². The fourth-order valence-corrected chi connectivity index (χ4v) is 0.511. The van der Waals surface area contributed by atoms with Crippen molar-refractivity contribution >= 4 is 12.2 Å². The third-order valence-electron chi connectivity index (χ3n) is 0.585. The molecule has 38 valence electrons. The van der Waals surface area contributed by atoms with E-state index < -0.39 is 0 Å². The monoisotopic (exact) mass is 117 g/mol. The average Bonchev–Trinajstić information content (AvgIpc) is 1.87. The molecule has 0 aliphatic carbocycles. The lowest BCUT2D eigenvalue weighted by Gasteiger charge is -1.61. The number of hydrogen-bond donors (Lipinski definition) is 1. The highest BCUT2D eigenvalue weighted by atomic mass is 32.1. The Hall–Kier alpha value is -0.640. The second-order valence-electron chi connectivity index (χ2n) is 1.23. The van der Waals surface area contributed by atoms with E-state index in [1.165, 1.54) is 6.39 Å². The van der Waals surface area contributed by atoms with E-state index in [4.69, 9.17) is 0 Å². The van der Waals surface area contributed by atoms with Gasteiger partial charge in [-0.3, -0.25) is 0 Å². The van der Waals surface area contributed by atoms with Crippen molar-refractivity contribution in [3.05, 3.63) is 11.2 Å². The van der Waals surface area contributed by atoms with E-state index in [0.29, 0.717) is 4.84 Å². The zero-order valence-electron chi connectivity index (χ0n) is 3.84. The summed E-state index contributed by atoms with van der Waals surface area (Å²) in [6.45, 7) is 0. The predicted octanol–water partition coefficient (Wildman–Crippen LogP) is 0.162. The Morgan fingerprint density at radius 2 is 2.71 bits per heavy atom. The van der Waals surface area contributed by atoms with Gasteiger partial charge in [0.1, 0.15) is 0 Å². The summed E-state index contributed by atoms with van der Waals surface area (Å²) in [6.07, 6.45) is 1.50. The van der Waals surface area contributed by atoms with E-state index in [-0.39, 0.29) is 0 Å². The summed E-state index contributed by atoms with van der Waals surface area (Å²) in [7, 11) is 1.80. The van der Waals surface area contributed by atoms with Crippen molar-refractivity contribution in [2.75, 3.05) is 0 Å². The number of nitrogens with one attached hydrogen (secondary N) is 1. The maximum absolute atomic E-state index is 4.69. The minimum absolute atomic E-state index is 0.405. The van der Waals surface area contributed by atoms with Crippen molar-refractivity contribution in [1.29, 1.82) is 0 Å². The second-order valence-corrected chi connectivity index (χ2v) is 1.60. The summed E-state index contributed by atoms with van der Waals surface area (Å²) in [6, 6.07) is 0. The highest BCUT2D eigenvalue weighted by Crippen LogP contribution is 1.73. The van der Waals surface area contributed by atoms with Crippen LogP contribution in [0.4, 0.5) is 0 Å². The molecule has 0 bridgehead atoms. The van der Waals surface area contributed by atoms with Gasteiger partial charge in [0.2, 0.25) is 0 Å². The minimum Gasteiger partial charge on any atom is -0.377 e. The van der Waals surface area contributed by atoms with E-state index in [1.807, 2.05) is 0 Å². The first kappa shape index (κ1) is 4.52. The Balaban J connectivity index is 3.30. The van der Waals surface area contributed by atoms with Crippen molar-refractivity contribution in [3.8, 4) is 0 Å². The van der Waals surface area contributed by atoms with E-state index in [9.17, 15) is 0 Å². The summed E-state index contributed by atoms with van der Waals surface area (Å²) in [5.41, 5.74) is 0. The third-order valence-corrected chi connectivity index (χ3v) is 0.773. The van der Waals surface area contributed by atoms with Crippen molar-refractivity contribution < 1.29 is 9.10 Å². The van der Waals surface area contributed by atoms with Crippen LogP contribution in [0.2, 0.25) is 0 Å². The topological polar surface area (TPSA) is 32.8 Å². The first-order chi connectivity index (χ1) is 3.29. The molecule has 4 heteroatoms. The quantitative estimate of drug-likeness (QED) is 0.388. The molecular weight excluding hydrogens is 112 g/mol. The van der Waals surface area contributed by atoms with Crippen LogP contribution in [0.25, 0.3) is 0 Å². The molecule has 7 heavy (non-hydrogen) atoms. The molecule has 0 radical (unpaired) electrons. The molecule has 0 aromatic carbocycles. The Morgan fingerprint density at radius 1 is 2.00 bits per heavy atom. The molecule has 1 heterocycles. The van der Waals surface area contributed by atoms with Gasteiger partial charge in [-0.15, -0.1) is 5.10 Å². The first-order valence-electron chi connectivity index (χ1n) is 1.82. The molecule has 0 amide bonds. The third kappa shape index (κ3) is 0.866. The molecule has 1 aromatic rings. The molecule has 1 aromatic heterocycles. The number of hydrogen-bond acceptors (Lipinski definition) is 2. The van der Waals surface area contributed by atoms with Crippen LogP contribution in [0, 0.1) is 4.84 Å². The number of rotatable bonds is 0. The molecule has 1 N–H and O–H groups in total. The van der Waals surface area contributed by atoms with Gasteiger partial charge in [-0.1, -0.05) is 4.68 Å². The van der Waals surface area contributed by atoms with Crippen molar-refractivity contribution in [2.45, 2.75) is 0 Å². The van der Waals surface area contributed by atoms with Crippen LogP contribution in [0.15, 0.2) is 10.8 Å². The van der Waals surface area contributed by atoms with Gasteiger partial charge in [0.05, 0.1) is 0 Å². The summed E-state index contributed by atoms with van der Waals surface area (Å²) >= 11 is 4.59. The maximum Gasteiger partial charge on any atom is 0.360 e. The summed E-state index contributed by atoms with van der Waals surface area (Å²) in [5, 5.41) is 2.70. The van der Waals surface area contributed by atoms with Crippen LogP contribution in [0.5, 0.6) is 0 Å². The Bertz CT molecular complexity index is 201. The van der Waals surface area contributed by atoms with Gasteiger partial charge in [-0.05, 0) is 12.2 Å². The Morgan fingerprint density at radius 3 is 2.86 bits per heavy atom. The molecule has 0 saturated heterocycles. The number of aryl methyl sites for hydroxylation is 1. The van der Waals surface area contributed by atoms with Crippen LogP contribution in [0.3, 0.4) is 0 Å². The normalized spacial score (nSPS) is 9.29. The molecule has 1 rings (SSSR count). The van der Waals surface area contributed by atoms with E-state index in [2.05, 4.69) is 21.7 Å². The van der Waals surface area contributed by atoms with Crippen LogP contribution in [-0.4, -0.2) is 5.10 Å². The Kier molecular flexibility index (Phi) is 0.941. The lowest BCUT2D eigenvalue weighted by atomic mass is 11.3. The molecule has 0 atom stereocenters. The summed E-state index contributed by atoms with van der Waals surface area (Å²) < 4.78 is 6.33. The molecule has 0 spiro atoms. The zero-order valence-corrected chi connectivity index (χ0v) is 4.66. The molecule has 0 aliphatic rings. The van der Waals surface area contributed by atoms with E-state index in [1.54, 1.807) is 11.7 Å². The average molecular weight is 117 g/mol. The molecule has 0 unspecified atom stereocenters. The molecule has 3 nitrogen and oxygen atoms in total. The summed E-state index contributed by atoms with van der Waals surface area (Å²) in [4.78, 5) is 0.405. The van der Waals surface area contributed by atoms with Gasteiger partial charge in [-0.25, -0.2) is 0 Å². The van der Waals surface area contributed by atoms with Crippen LogP contribution >= 0.6 is 12.2 Å². The highest BCUT2D eigenvalue weighted by molar-refractivity contribution is 7.71. The van der Waals surface area contributed by atoms with Gasteiger partial charge in [0, 0.05) is 0 Å².